The quantitative estimate of drug-likeness (QED) is 0.660. The molecule has 30 heavy (non-hydrogen) atoms. The number of nitrogens with one attached hydrogen (secondary N) is 2. The summed E-state index contributed by atoms with van der Waals surface area (Å²) in [7, 11) is 0. The van der Waals surface area contributed by atoms with E-state index in [1.807, 2.05) is 51.1 Å². The third kappa shape index (κ3) is 5.43. The van der Waals surface area contributed by atoms with Crippen LogP contribution in [0.25, 0.3) is 0 Å². The van der Waals surface area contributed by atoms with Crippen LogP contribution in [0.15, 0.2) is 36.4 Å². The predicted octanol–water partition coefficient (Wildman–Crippen LogP) is 3.24. The summed E-state index contributed by atoms with van der Waals surface area (Å²) in [6.45, 7) is 7.35. The zero-order valence-electron chi connectivity index (χ0n) is 17.6. The Kier molecular flexibility index (Phi) is 7.17. The van der Waals surface area contributed by atoms with Gasteiger partial charge in [0.15, 0.2) is 17.6 Å². The number of amides is 2. The molecular weight excluding hydrogens is 384 g/mol. The average molecular weight is 412 g/mol. The van der Waals surface area contributed by atoms with Crippen LogP contribution in [0.5, 0.6) is 17.2 Å². The van der Waals surface area contributed by atoms with E-state index < -0.39 is 6.10 Å². The fraction of sp³-hybridized carbons (Fsp3) is 0.391. The van der Waals surface area contributed by atoms with E-state index in [4.69, 9.17) is 14.2 Å². The average Bonchev–Trinajstić information content (AvgIpc) is 2.71. The lowest BCUT2D eigenvalue weighted by Gasteiger charge is -2.25. The highest BCUT2D eigenvalue weighted by atomic mass is 16.5. The van der Waals surface area contributed by atoms with Gasteiger partial charge in [-0.05, 0) is 62.6 Å². The van der Waals surface area contributed by atoms with Crippen molar-refractivity contribution in [3.05, 3.63) is 47.5 Å². The van der Waals surface area contributed by atoms with Crippen LogP contribution in [0, 0.1) is 6.92 Å². The van der Waals surface area contributed by atoms with E-state index in [9.17, 15) is 9.59 Å². The molecule has 2 amide bonds. The molecule has 1 heterocycles. The van der Waals surface area contributed by atoms with Gasteiger partial charge in [0, 0.05) is 6.54 Å². The molecule has 1 atom stereocenters. The molecule has 0 unspecified atom stereocenters. The summed E-state index contributed by atoms with van der Waals surface area (Å²) in [5, 5.41) is 5.65. The van der Waals surface area contributed by atoms with Crippen molar-refractivity contribution < 1.29 is 23.8 Å². The van der Waals surface area contributed by atoms with Gasteiger partial charge in [-0.3, -0.25) is 9.59 Å². The minimum Gasteiger partial charge on any atom is -0.490 e. The lowest BCUT2D eigenvalue weighted by molar-refractivity contribution is -0.130. The molecule has 0 spiro atoms. The Hall–Kier alpha value is -3.22. The Morgan fingerprint density at radius 2 is 1.87 bits per heavy atom. The van der Waals surface area contributed by atoms with Crippen molar-refractivity contribution in [1.29, 1.82) is 0 Å². The fourth-order valence-electron chi connectivity index (χ4n) is 3.24. The third-order valence-corrected chi connectivity index (χ3v) is 4.67. The number of aryl methyl sites for hydroxylation is 1. The van der Waals surface area contributed by atoms with E-state index in [1.54, 1.807) is 6.07 Å². The van der Waals surface area contributed by atoms with Crippen LogP contribution < -0.4 is 24.8 Å². The molecule has 0 bridgehead atoms. The number of hydrogen-bond acceptors (Lipinski definition) is 5. The lowest BCUT2D eigenvalue weighted by atomic mass is 10.1. The number of rotatable bonds is 9. The van der Waals surface area contributed by atoms with Crippen LogP contribution >= 0.6 is 0 Å². The van der Waals surface area contributed by atoms with E-state index in [1.165, 1.54) is 0 Å². The van der Waals surface area contributed by atoms with Crippen molar-refractivity contribution in [3.8, 4) is 17.2 Å². The van der Waals surface area contributed by atoms with Crippen LogP contribution in [-0.2, 0) is 16.0 Å². The highest BCUT2D eigenvalue weighted by Crippen LogP contribution is 2.31. The first-order valence-electron chi connectivity index (χ1n) is 10.2. The molecule has 7 heteroatoms. The van der Waals surface area contributed by atoms with E-state index >= 15 is 0 Å². The lowest BCUT2D eigenvalue weighted by Crippen LogP contribution is -2.41. The van der Waals surface area contributed by atoms with Gasteiger partial charge in [-0.2, -0.15) is 0 Å². The van der Waals surface area contributed by atoms with Gasteiger partial charge in [-0.1, -0.05) is 12.1 Å². The smallest absolute Gasteiger partial charge is 0.266 e. The first-order chi connectivity index (χ1) is 14.5. The van der Waals surface area contributed by atoms with Gasteiger partial charge in [0.1, 0.15) is 5.75 Å². The van der Waals surface area contributed by atoms with Crippen LogP contribution in [-0.4, -0.2) is 37.7 Å². The molecule has 7 nitrogen and oxygen atoms in total. The van der Waals surface area contributed by atoms with Crippen molar-refractivity contribution >= 4 is 17.5 Å². The van der Waals surface area contributed by atoms with Gasteiger partial charge in [0.05, 0.1) is 25.3 Å². The molecule has 2 aromatic rings. The SMILES string of the molecule is CCOc1ccc(CCNC(=O)C[C@H]2Oc3ccc(C)cc3NC2=O)cc1OCC. The van der Waals surface area contributed by atoms with Crippen molar-refractivity contribution in [2.45, 2.75) is 39.7 Å². The molecule has 3 rings (SSSR count). The van der Waals surface area contributed by atoms with Crippen molar-refractivity contribution in [2.24, 2.45) is 0 Å². The summed E-state index contributed by atoms with van der Waals surface area (Å²) >= 11 is 0. The Bertz CT molecular complexity index is 912. The number of carbonyl (C=O) groups is 2. The molecule has 0 aromatic heterocycles. The Morgan fingerprint density at radius 3 is 2.63 bits per heavy atom. The molecule has 0 radical (unpaired) electrons. The molecule has 1 aliphatic rings. The Labute approximate surface area is 176 Å². The summed E-state index contributed by atoms with van der Waals surface area (Å²) in [4.78, 5) is 24.5. The number of carbonyl (C=O) groups excluding carboxylic acids is 2. The molecule has 0 fully saturated rings. The second-order valence-electron chi connectivity index (χ2n) is 7.05. The summed E-state index contributed by atoms with van der Waals surface area (Å²) in [6, 6.07) is 11.3. The van der Waals surface area contributed by atoms with Crippen LogP contribution in [0.3, 0.4) is 0 Å². The second kappa shape index (κ2) is 10.0. The van der Waals surface area contributed by atoms with Crippen LogP contribution in [0.4, 0.5) is 5.69 Å². The number of benzene rings is 2. The van der Waals surface area contributed by atoms with E-state index in [2.05, 4.69) is 10.6 Å². The summed E-state index contributed by atoms with van der Waals surface area (Å²) in [5.74, 6) is 1.45. The van der Waals surface area contributed by atoms with E-state index in [0.717, 1.165) is 11.1 Å². The second-order valence-corrected chi connectivity index (χ2v) is 7.05. The molecule has 0 saturated carbocycles. The first-order valence-corrected chi connectivity index (χ1v) is 10.2. The zero-order chi connectivity index (χ0) is 21.5. The molecule has 1 aliphatic heterocycles. The number of fused-ring (bicyclic) bond motifs is 1. The maximum absolute atomic E-state index is 12.3. The van der Waals surface area contributed by atoms with Gasteiger partial charge in [0.25, 0.3) is 5.91 Å². The van der Waals surface area contributed by atoms with E-state index in [-0.39, 0.29) is 18.2 Å². The highest BCUT2D eigenvalue weighted by molar-refractivity contribution is 6.00. The first kappa shape index (κ1) is 21.5. The molecule has 2 N–H and O–H groups in total. The number of ether oxygens (including phenoxy) is 3. The van der Waals surface area contributed by atoms with Crippen molar-refractivity contribution in [2.75, 3.05) is 25.1 Å². The number of anilines is 1. The van der Waals surface area contributed by atoms with Crippen molar-refractivity contribution in [1.82, 2.24) is 5.32 Å². The largest absolute Gasteiger partial charge is 0.490 e. The Balaban J connectivity index is 1.51. The standard InChI is InChI=1S/C23H28N2O5/c1-4-28-19-9-7-16(13-20(19)29-5-2)10-11-24-22(26)14-21-23(27)25-17-12-15(3)6-8-18(17)30-21/h6-9,12-13,21H,4-5,10-11,14H2,1-3H3,(H,24,26)(H,25,27)/t21-/m1/s1. The Morgan fingerprint density at radius 1 is 1.10 bits per heavy atom. The van der Waals surface area contributed by atoms with Crippen molar-refractivity contribution in [3.63, 3.8) is 0 Å². The molecule has 160 valence electrons. The molecular formula is C23H28N2O5. The predicted molar refractivity (Wildman–Crippen MR) is 114 cm³/mol. The summed E-state index contributed by atoms with van der Waals surface area (Å²) in [6.07, 6.45) is -0.236. The van der Waals surface area contributed by atoms with E-state index in [0.29, 0.717) is 49.1 Å². The monoisotopic (exact) mass is 412 g/mol. The minimum absolute atomic E-state index is 0.0351. The third-order valence-electron chi connectivity index (χ3n) is 4.67. The van der Waals surface area contributed by atoms with Gasteiger partial charge in [-0.15, -0.1) is 0 Å². The highest BCUT2D eigenvalue weighted by Gasteiger charge is 2.29. The maximum atomic E-state index is 12.3. The van der Waals surface area contributed by atoms with Gasteiger partial charge in [0.2, 0.25) is 5.91 Å². The van der Waals surface area contributed by atoms with Gasteiger partial charge < -0.3 is 24.8 Å². The van der Waals surface area contributed by atoms with Gasteiger partial charge in [-0.25, -0.2) is 0 Å². The normalized spacial score (nSPS) is 14.9. The van der Waals surface area contributed by atoms with Crippen LogP contribution in [0.1, 0.15) is 31.4 Å². The topological polar surface area (TPSA) is 85.9 Å². The van der Waals surface area contributed by atoms with Gasteiger partial charge >= 0.3 is 0 Å². The zero-order valence-corrected chi connectivity index (χ0v) is 17.6. The maximum Gasteiger partial charge on any atom is 0.266 e. The minimum atomic E-state index is -0.838. The van der Waals surface area contributed by atoms with Crippen LogP contribution in [0.2, 0.25) is 0 Å². The fourth-order valence-corrected chi connectivity index (χ4v) is 3.24. The summed E-state index contributed by atoms with van der Waals surface area (Å²) < 4.78 is 16.9. The summed E-state index contributed by atoms with van der Waals surface area (Å²) in [5.41, 5.74) is 2.69. The molecule has 0 aliphatic carbocycles. The molecule has 0 saturated heterocycles. The number of hydrogen-bond donors (Lipinski definition) is 2. The molecule has 2 aromatic carbocycles.